The van der Waals surface area contributed by atoms with Crippen LogP contribution in [0.15, 0.2) is 23.0 Å². The van der Waals surface area contributed by atoms with E-state index in [0.717, 1.165) is 12.5 Å². The Morgan fingerprint density at radius 3 is 3.00 bits per heavy atom. The zero-order valence-corrected chi connectivity index (χ0v) is 13.7. The van der Waals surface area contributed by atoms with Gasteiger partial charge < -0.3 is 15.0 Å². The number of fused-ring (bicyclic) bond motifs is 1. The van der Waals surface area contributed by atoms with Crippen molar-refractivity contribution in [2.45, 2.75) is 12.8 Å². The first-order valence-corrected chi connectivity index (χ1v) is 8.06. The molecule has 1 amide bonds. The molecule has 1 fully saturated rings. The van der Waals surface area contributed by atoms with Crippen molar-refractivity contribution in [1.29, 1.82) is 0 Å². The largest absolute Gasteiger partial charge is 0.379 e. The second-order valence-corrected chi connectivity index (χ2v) is 6.22. The van der Waals surface area contributed by atoms with Gasteiger partial charge in [0, 0.05) is 25.8 Å². The summed E-state index contributed by atoms with van der Waals surface area (Å²) in [5, 5.41) is 3.32. The molecule has 0 atom stereocenters. The van der Waals surface area contributed by atoms with E-state index in [1.165, 1.54) is 17.4 Å². The van der Waals surface area contributed by atoms with E-state index >= 15 is 0 Å². The maximum atomic E-state index is 12.1. The van der Waals surface area contributed by atoms with Gasteiger partial charge in [-0.25, -0.2) is 0 Å². The minimum Gasteiger partial charge on any atom is -0.379 e. The van der Waals surface area contributed by atoms with Crippen LogP contribution in [0.5, 0.6) is 0 Å². The Kier molecular flexibility index (Phi) is 4.58. The number of amides is 1. The first-order valence-electron chi connectivity index (χ1n) is 7.65. The van der Waals surface area contributed by atoms with Crippen molar-refractivity contribution in [3.8, 4) is 0 Å². The number of ether oxygens (including phenoxy) is 1. The number of H-pyrrole nitrogens is 1. The lowest BCUT2D eigenvalue weighted by Gasteiger charge is -2.08. The quantitative estimate of drug-likeness (QED) is 0.624. The van der Waals surface area contributed by atoms with Crippen LogP contribution < -0.4 is 10.9 Å². The van der Waals surface area contributed by atoms with Gasteiger partial charge in [-0.1, -0.05) is 0 Å². The van der Waals surface area contributed by atoms with Gasteiger partial charge in [-0.05, 0) is 49.2 Å². The average Bonchev–Trinajstić information content (AvgIpc) is 3.36. The maximum absolute atomic E-state index is 12.1. The van der Waals surface area contributed by atoms with Gasteiger partial charge in [0.15, 0.2) is 4.77 Å². The second-order valence-electron chi connectivity index (χ2n) is 5.83. The Balaban J connectivity index is 1.67. The third-order valence-corrected chi connectivity index (χ3v) is 4.32. The normalized spacial score (nSPS) is 14.1. The Morgan fingerprint density at radius 2 is 2.26 bits per heavy atom. The number of rotatable bonds is 6. The first kappa shape index (κ1) is 15.9. The average molecular weight is 333 g/mol. The molecule has 3 rings (SSSR count). The highest BCUT2D eigenvalue weighted by molar-refractivity contribution is 7.71. The molecule has 0 aliphatic heterocycles. The molecule has 122 valence electrons. The van der Waals surface area contributed by atoms with E-state index in [1.54, 1.807) is 25.2 Å². The van der Waals surface area contributed by atoms with Gasteiger partial charge in [-0.3, -0.25) is 14.2 Å². The van der Waals surface area contributed by atoms with E-state index in [0.29, 0.717) is 34.4 Å². The summed E-state index contributed by atoms with van der Waals surface area (Å²) < 4.78 is 7.18. The smallest absolute Gasteiger partial charge is 0.261 e. The number of carbonyl (C=O) groups excluding carboxylic acids is 1. The van der Waals surface area contributed by atoms with E-state index in [2.05, 4.69) is 10.3 Å². The molecule has 6 nitrogen and oxygen atoms in total. The van der Waals surface area contributed by atoms with Gasteiger partial charge in [0.1, 0.15) is 0 Å². The highest BCUT2D eigenvalue weighted by Gasteiger charge is 2.20. The molecule has 23 heavy (non-hydrogen) atoms. The van der Waals surface area contributed by atoms with Crippen LogP contribution >= 0.6 is 12.2 Å². The molecule has 2 N–H and O–H groups in total. The first-order chi connectivity index (χ1) is 11.1. The number of hydrogen-bond acceptors (Lipinski definition) is 4. The van der Waals surface area contributed by atoms with Crippen molar-refractivity contribution in [2.24, 2.45) is 13.0 Å². The summed E-state index contributed by atoms with van der Waals surface area (Å²) in [6, 6.07) is 4.93. The molecule has 1 saturated carbocycles. The van der Waals surface area contributed by atoms with Crippen molar-refractivity contribution in [3.05, 3.63) is 38.9 Å². The summed E-state index contributed by atoms with van der Waals surface area (Å²) in [4.78, 5) is 27.2. The Labute approximate surface area is 138 Å². The summed E-state index contributed by atoms with van der Waals surface area (Å²) in [7, 11) is 1.61. The highest BCUT2D eigenvalue weighted by atomic mass is 32.1. The van der Waals surface area contributed by atoms with Crippen LogP contribution in [0.25, 0.3) is 10.9 Å². The molecule has 0 saturated heterocycles. The number of aromatic amines is 1. The minimum atomic E-state index is -0.193. The fourth-order valence-electron chi connectivity index (χ4n) is 2.32. The second kappa shape index (κ2) is 6.64. The van der Waals surface area contributed by atoms with Crippen molar-refractivity contribution in [2.75, 3.05) is 19.8 Å². The number of nitrogens with one attached hydrogen (secondary N) is 2. The monoisotopic (exact) mass is 333 g/mol. The van der Waals surface area contributed by atoms with Crippen LogP contribution in [-0.4, -0.2) is 35.2 Å². The summed E-state index contributed by atoms with van der Waals surface area (Å²) >= 11 is 5.09. The molecule has 1 aromatic heterocycles. The molecule has 7 heteroatoms. The summed E-state index contributed by atoms with van der Waals surface area (Å²) in [5.41, 5.74) is 0.874. The number of benzene rings is 1. The summed E-state index contributed by atoms with van der Waals surface area (Å²) in [6.07, 6.45) is 2.51. The van der Waals surface area contributed by atoms with E-state index in [9.17, 15) is 9.59 Å². The van der Waals surface area contributed by atoms with Crippen LogP contribution in [0.3, 0.4) is 0 Å². The van der Waals surface area contributed by atoms with E-state index in [1.807, 2.05) is 0 Å². The third kappa shape index (κ3) is 3.68. The summed E-state index contributed by atoms with van der Waals surface area (Å²) in [6.45, 7) is 1.76. The number of nitrogens with zero attached hydrogens (tertiary/aromatic N) is 1. The van der Waals surface area contributed by atoms with Crippen molar-refractivity contribution >= 4 is 29.0 Å². The standard InChI is InChI=1S/C16H19N3O3S/c1-19-15(21)12-5-4-11(8-13(12)18-16(19)23)14(20)17-6-7-22-9-10-2-3-10/h4-5,8,10H,2-3,6-7,9H2,1H3,(H,17,20)(H,18,23). The lowest BCUT2D eigenvalue weighted by Crippen LogP contribution is -2.27. The third-order valence-electron chi connectivity index (χ3n) is 3.95. The molecular weight excluding hydrogens is 314 g/mol. The van der Waals surface area contributed by atoms with Crippen LogP contribution in [0, 0.1) is 10.7 Å². The van der Waals surface area contributed by atoms with Gasteiger partial charge in [-0.15, -0.1) is 0 Å². The predicted molar refractivity (Wildman–Crippen MR) is 90.2 cm³/mol. The van der Waals surface area contributed by atoms with Gasteiger partial charge in [0.25, 0.3) is 11.5 Å². The molecule has 0 spiro atoms. The van der Waals surface area contributed by atoms with E-state index in [-0.39, 0.29) is 11.5 Å². The zero-order chi connectivity index (χ0) is 16.4. The van der Waals surface area contributed by atoms with Crippen molar-refractivity contribution in [3.63, 3.8) is 0 Å². The van der Waals surface area contributed by atoms with Crippen LogP contribution in [0.4, 0.5) is 0 Å². The predicted octanol–water partition coefficient (Wildman–Crippen LogP) is 1.75. The molecule has 0 unspecified atom stereocenters. The van der Waals surface area contributed by atoms with Crippen LogP contribution in [-0.2, 0) is 11.8 Å². The van der Waals surface area contributed by atoms with Gasteiger partial charge >= 0.3 is 0 Å². The Bertz CT molecular complexity index is 852. The lowest BCUT2D eigenvalue weighted by molar-refractivity contribution is 0.0906. The van der Waals surface area contributed by atoms with Crippen molar-refractivity contribution < 1.29 is 9.53 Å². The summed E-state index contributed by atoms with van der Waals surface area (Å²) in [5.74, 6) is 0.527. The fourth-order valence-corrected chi connectivity index (χ4v) is 2.51. The zero-order valence-electron chi connectivity index (χ0n) is 12.9. The molecule has 1 heterocycles. The SMILES string of the molecule is Cn1c(=S)[nH]c2cc(C(=O)NCCOCC3CC3)ccc2c1=O. The number of carbonyl (C=O) groups is 1. The van der Waals surface area contributed by atoms with E-state index < -0.39 is 0 Å². The van der Waals surface area contributed by atoms with Crippen molar-refractivity contribution in [1.82, 2.24) is 14.9 Å². The molecule has 2 aromatic rings. The van der Waals surface area contributed by atoms with Crippen LogP contribution in [0.1, 0.15) is 23.2 Å². The van der Waals surface area contributed by atoms with Gasteiger partial charge in [-0.2, -0.15) is 0 Å². The molecule has 1 aliphatic rings. The molecule has 1 aromatic carbocycles. The molecule has 0 radical (unpaired) electrons. The minimum absolute atomic E-state index is 0.177. The topological polar surface area (TPSA) is 76.1 Å². The molecular formula is C16H19N3O3S. The number of aromatic nitrogens is 2. The molecule has 1 aliphatic carbocycles. The van der Waals surface area contributed by atoms with Gasteiger partial charge in [0.05, 0.1) is 17.5 Å². The Morgan fingerprint density at radius 1 is 1.48 bits per heavy atom. The lowest BCUT2D eigenvalue weighted by atomic mass is 10.1. The maximum Gasteiger partial charge on any atom is 0.261 e. The fraction of sp³-hybridized carbons (Fsp3) is 0.438. The van der Waals surface area contributed by atoms with E-state index in [4.69, 9.17) is 17.0 Å². The number of hydrogen-bond donors (Lipinski definition) is 2. The Hall–Kier alpha value is -1.99. The van der Waals surface area contributed by atoms with Crippen LogP contribution in [0.2, 0.25) is 0 Å². The molecule has 0 bridgehead atoms. The van der Waals surface area contributed by atoms with Gasteiger partial charge in [0.2, 0.25) is 0 Å². The highest BCUT2D eigenvalue weighted by Crippen LogP contribution is 2.28.